The van der Waals surface area contributed by atoms with Crippen molar-refractivity contribution in [3.8, 4) is 0 Å². The van der Waals surface area contributed by atoms with Gasteiger partial charge in [-0.1, -0.05) is 57.4 Å². The molecule has 0 aromatic heterocycles. The first kappa shape index (κ1) is 29.5. The van der Waals surface area contributed by atoms with Crippen LogP contribution in [0.25, 0.3) is 0 Å². The van der Waals surface area contributed by atoms with Gasteiger partial charge in [-0.2, -0.15) is 4.94 Å². The van der Waals surface area contributed by atoms with Crippen LogP contribution in [0.3, 0.4) is 0 Å². The Kier molecular flexibility index (Phi) is 10.8. The third-order valence-electron chi connectivity index (χ3n) is 9.86. The quantitative estimate of drug-likeness (QED) is 0.256. The Hall–Kier alpha value is -1.01. The largest absolute Gasteiger partial charge is 0.390 e. The van der Waals surface area contributed by atoms with Crippen molar-refractivity contribution in [2.45, 2.75) is 123 Å². The molecule has 5 heteroatoms. The van der Waals surface area contributed by atoms with Gasteiger partial charge < -0.3 is 15.6 Å². The van der Waals surface area contributed by atoms with Crippen LogP contribution >= 0.6 is 0 Å². The van der Waals surface area contributed by atoms with Crippen LogP contribution in [0.4, 0.5) is 4.53 Å². The summed E-state index contributed by atoms with van der Waals surface area (Å²) in [5, 5.41) is 10.4. The van der Waals surface area contributed by atoms with Crippen molar-refractivity contribution in [3.63, 3.8) is 0 Å². The summed E-state index contributed by atoms with van der Waals surface area (Å²) in [5.74, 6) is 2.01. The highest BCUT2D eigenvalue weighted by molar-refractivity contribution is 5.36. The standard InChI is InChI=1S/C31H52FNO3/c1-6-30(4,34)16-7-10-22(2)26-14-15-27-24(11-8-17-31(26,27)5)12-13-25-21-29(36-32)28(20-23(25)3)35-19-9-18-33/h11-13,22,26-29,34H,6-10,14-21,33H2,1-5H3/b13-12-/t22-,26?,27?,28?,29-,30?,31?/m1/s1. The number of nitrogens with two attached hydrogens (primary N) is 1. The minimum atomic E-state index is -0.554. The van der Waals surface area contributed by atoms with Crippen molar-refractivity contribution in [3.05, 3.63) is 34.9 Å². The highest BCUT2D eigenvalue weighted by Gasteiger charge is 2.49. The van der Waals surface area contributed by atoms with Gasteiger partial charge in [0.15, 0.2) is 0 Å². The molecule has 7 atom stereocenters. The molecule has 0 heterocycles. The van der Waals surface area contributed by atoms with Gasteiger partial charge in [0, 0.05) is 13.0 Å². The van der Waals surface area contributed by atoms with Crippen LogP contribution in [0.5, 0.6) is 0 Å². The molecule has 0 aromatic rings. The Balaban J connectivity index is 1.63. The fourth-order valence-corrected chi connectivity index (χ4v) is 7.23. The van der Waals surface area contributed by atoms with E-state index < -0.39 is 11.7 Å². The van der Waals surface area contributed by atoms with Crippen LogP contribution in [-0.4, -0.2) is 36.1 Å². The van der Waals surface area contributed by atoms with Crippen LogP contribution < -0.4 is 5.73 Å². The molecule has 3 N–H and O–H groups in total. The van der Waals surface area contributed by atoms with E-state index in [1.54, 1.807) is 0 Å². The van der Waals surface area contributed by atoms with Crippen LogP contribution in [-0.2, 0) is 9.68 Å². The Morgan fingerprint density at radius 2 is 2.03 bits per heavy atom. The van der Waals surface area contributed by atoms with E-state index >= 15 is 0 Å². The lowest BCUT2D eigenvalue weighted by molar-refractivity contribution is -0.217. The third kappa shape index (κ3) is 7.09. The van der Waals surface area contributed by atoms with E-state index in [0.717, 1.165) is 38.0 Å². The van der Waals surface area contributed by atoms with E-state index in [0.29, 0.717) is 43.2 Å². The molecule has 0 spiro atoms. The van der Waals surface area contributed by atoms with Crippen molar-refractivity contribution < 1.29 is 19.3 Å². The van der Waals surface area contributed by atoms with E-state index in [4.69, 9.17) is 10.5 Å². The van der Waals surface area contributed by atoms with E-state index in [9.17, 15) is 9.63 Å². The summed E-state index contributed by atoms with van der Waals surface area (Å²) < 4.78 is 19.2. The molecule has 5 unspecified atom stereocenters. The molecule has 3 aliphatic carbocycles. The molecule has 3 rings (SSSR count). The van der Waals surface area contributed by atoms with E-state index in [1.807, 2.05) is 6.92 Å². The maximum absolute atomic E-state index is 13.4. The fourth-order valence-electron chi connectivity index (χ4n) is 7.23. The van der Waals surface area contributed by atoms with Crippen LogP contribution in [0.2, 0.25) is 0 Å². The van der Waals surface area contributed by atoms with Crippen LogP contribution in [0, 0.1) is 23.2 Å². The van der Waals surface area contributed by atoms with Gasteiger partial charge in [0.25, 0.3) is 0 Å². The smallest absolute Gasteiger partial charge is 0.129 e. The fraction of sp³-hybridized carbons (Fsp3) is 0.806. The summed E-state index contributed by atoms with van der Waals surface area (Å²) in [4.78, 5) is 4.34. The summed E-state index contributed by atoms with van der Waals surface area (Å²) in [6.07, 6.45) is 17.1. The summed E-state index contributed by atoms with van der Waals surface area (Å²) in [6.45, 7) is 12.3. The molecule has 0 aliphatic heterocycles. The Labute approximate surface area is 219 Å². The maximum Gasteiger partial charge on any atom is 0.129 e. The Bertz CT molecular complexity index is 804. The second kappa shape index (κ2) is 13.2. The van der Waals surface area contributed by atoms with Crippen molar-refractivity contribution in [1.82, 2.24) is 0 Å². The lowest BCUT2D eigenvalue weighted by Gasteiger charge is -2.43. The van der Waals surface area contributed by atoms with Crippen molar-refractivity contribution in [1.29, 1.82) is 0 Å². The molecule has 4 nitrogen and oxygen atoms in total. The highest BCUT2D eigenvalue weighted by Crippen LogP contribution is 2.59. The molecule has 0 saturated heterocycles. The number of aliphatic hydroxyl groups is 1. The summed E-state index contributed by atoms with van der Waals surface area (Å²) in [5.41, 5.74) is 9.28. The second-order valence-corrected chi connectivity index (χ2v) is 12.4. The minimum Gasteiger partial charge on any atom is -0.390 e. The number of hydrogen-bond donors (Lipinski definition) is 2. The zero-order chi connectivity index (χ0) is 26.3. The molecule has 36 heavy (non-hydrogen) atoms. The average Bonchev–Trinajstić information content (AvgIpc) is 3.21. The van der Waals surface area contributed by atoms with Gasteiger partial charge in [-0.3, -0.25) is 0 Å². The lowest BCUT2D eigenvalue weighted by Crippen LogP contribution is -2.35. The topological polar surface area (TPSA) is 64.7 Å². The molecule has 1 saturated carbocycles. The first-order valence-electron chi connectivity index (χ1n) is 14.5. The van der Waals surface area contributed by atoms with Gasteiger partial charge in [-0.15, -0.1) is 0 Å². The van der Waals surface area contributed by atoms with Crippen molar-refractivity contribution >= 4 is 0 Å². The Morgan fingerprint density at radius 3 is 2.72 bits per heavy atom. The number of rotatable bonds is 13. The van der Waals surface area contributed by atoms with Gasteiger partial charge in [0.1, 0.15) is 6.10 Å². The molecule has 0 radical (unpaired) electrons. The number of halogens is 1. The van der Waals surface area contributed by atoms with E-state index in [2.05, 4.69) is 50.9 Å². The molecule has 0 aromatic carbocycles. The van der Waals surface area contributed by atoms with Crippen LogP contribution in [0.1, 0.15) is 105 Å². The zero-order valence-corrected chi connectivity index (χ0v) is 23.5. The molecular formula is C31H52FNO3. The molecule has 3 aliphatic rings. The monoisotopic (exact) mass is 505 g/mol. The first-order chi connectivity index (χ1) is 17.1. The number of allylic oxidation sites excluding steroid dienone is 4. The predicted octanol–water partition coefficient (Wildman–Crippen LogP) is 7.38. The minimum absolute atomic E-state index is 0.242. The number of ether oxygens (including phenoxy) is 1. The van der Waals surface area contributed by atoms with Crippen molar-refractivity contribution in [2.24, 2.45) is 28.9 Å². The first-order valence-corrected chi connectivity index (χ1v) is 14.5. The SMILES string of the molecule is CCC(C)(O)CCC[C@@H](C)C1CCC2C(/C=C\C3=C(C)CC(OCCCN)[C@H](OF)C3)=CCCC21C. The van der Waals surface area contributed by atoms with Gasteiger partial charge in [0.2, 0.25) is 0 Å². The molecule has 1 fully saturated rings. The second-order valence-electron chi connectivity index (χ2n) is 12.4. The average molecular weight is 506 g/mol. The molecular weight excluding hydrogens is 453 g/mol. The molecule has 206 valence electrons. The summed E-state index contributed by atoms with van der Waals surface area (Å²) in [7, 11) is 0. The summed E-state index contributed by atoms with van der Waals surface area (Å²) in [6, 6.07) is 0. The predicted molar refractivity (Wildman–Crippen MR) is 146 cm³/mol. The van der Waals surface area contributed by atoms with E-state index in [-0.39, 0.29) is 6.10 Å². The van der Waals surface area contributed by atoms with Gasteiger partial charge in [-0.05, 0) is 111 Å². The van der Waals surface area contributed by atoms with Crippen molar-refractivity contribution in [2.75, 3.05) is 13.2 Å². The van der Waals surface area contributed by atoms with E-state index in [1.165, 1.54) is 42.4 Å². The molecule has 0 amide bonds. The van der Waals surface area contributed by atoms with Gasteiger partial charge >= 0.3 is 0 Å². The summed E-state index contributed by atoms with van der Waals surface area (Å²) >= 11 is 0. The number of fused-ring (bicyclic) bond motifs is 1. The number of hydrogen-bond acceptors (Lipinski definition) is 4. The normalized spacial score (nSPS) is 33.5. The van der Waals surface area contributed by atoms with Gasteiger partial charge in [0.05, 0.1) is 11.7 Å². The zero-order valence-electron chi connectivity index (χ0n) is 23.5. The highest BCUT2D eigenvalue weighted by atomic mass is 19.3. The van der Waals surface area contributed by atoms with Gasteiger partial charge in [-0.25, -0.2) is 0 Å². The Morgan fingerprint density at radius 1 is 1.25 bits per heavy atom. The maximum atomic E-state index is 13.4. The van der Waals surface area contributed by atoms with Crippen LogP contribution in [0.15, 0.2) is 34.9 Å². The third-order valence-corrected chi connectivity index (χ3v) is 9.86. The lowest BCUT2D eigenvalue weighted by atomic mass is 9.62. The molecule has 0 bridgehead atoms.